The van der Waals surface area contributed by atoms with E-state index in [0.717, 1.165) is 65.4 Å². The maximum Gasteiger partial charge on any atom is 0.269 e. The number of nitrogens with zero attached hydrogens (tertiary/aromatic N) is 3. The molecule has 2 aliphatic heterocycles. The van der Waals surface area contributed by atoms with Crippen LogP contribution in [0.4, 0.5) is 5.69 Å². The van der Waals surface area contributed by atoms with Gasteiger partial charge in [0, 0.05) is 22.1 Å². The number of aliphatic carboxylic acids is 2. The van der Waals surface area contributed by atoms with E-state index in [9.17, 15) is 29.4 Å². The summed E-state index contributed by atoms with van der Waals surface area (Å²) in [4.78, 5) is 53.8. The largest absolute Gasteiger partial charge is 0.548 e. The standard InChI is InChI=1S/C23H21N3O6S6/c1-34-8-7-24-13-9-12(35-2)3-4-14(13)36-16(24)6-5-15-20(31)25(10-17(27)28)22(37-15)19-21(32)26(11-18(29)30)23(33)38-19/h3-6,9H,7-8,10-11H2,1-2H3,(H,27,28)(H,29,30)/p-2/b15-5-,16-6+,22-19-. The molecule has 0 saturated carbocycles. The minimum absolute atomic E-state index is 0.0132. The minimum atomic E-state index is -1.50. The summed E-state index contributed by atoms with van der Waals surface area (Å²) in [5.41, 5.74) is 0.485. The Labute approximate surface area is 243 Å². The fraction of sp³-hybridized carbons (Fsp3) is 0.261. The van der Waals surface area contributed by atoms with E-state index < -0.39 is 36.5 Å². The van der Waals surface area contributed by atoms with E-state index in [0.29, 0.717) is 0 Å². The van der Waals surface area contributed by atoms with Crippen molar-refractivity contribution in [1.29, 1.82) is 0 Å². The Hall–Kier alpha value is -2.17. The van der Waals surface area contributed by atoms with Gasteiger partial charge in [0.25, 0.3) is 11.5 Å². The number of hydrogen-bond acceptors (Lipinski definition) is 13. The first kappa shape index (κ1) is 28.8. The number of aromatic nitrogens is 1. The van der Waals surface area contributed by atoms with Crippen LogP contribution < -0.4 is 29.9 Å². The Balaban J connectivity index is 1.81. The number of thioether (sulfide) groups is 4. The van der Waals surface area contributed by atoms with Gasteiger partial charge in [0.1, 0.15) is 13.9 Å². The van der Waals surface area contributed by atoms with Crippen molar-refractivity contribution in [3.63, 3.8) is 0 Å². The lowest BCUT2D eigenvalue weighted by molar-refractivity contribution is -0.307. The molecule has 0 aliphatic carbocycles. The Morgan fingerprint density at radius 2 is 1.79 bits per heavy atom. The Bertz CT molecular complexity index is 1550. The van der Waals surface area contributed by atoms with Crippen LogP contribution in [0, 0.1) is 0 Å². The molecule has 0 bridgehead atoms. The summed E-state index contributed by atoms with van der Waals surface area (Å²) in [5, 5.41) is 23.4. The van der Waals surface area contributed by atoms with E-state index in [4.69, 9.17) is 12.2 Å². The fourth-order valence-corrected chi connectivity index (χ4v) is 7.98. The molecule has 1 aromatic heterocycles. The number of benzene rings is 1. The van der Waals surface area contributed by atoms with Crippen molar-refractivity contribution >= 4 is 109 Å². The van der Waals surface area contributed by atoms with Crippen molar-refractivity contribution in [2.24, 2.45) is 0 Å². The van der Waals surface area contributed by atoms with E-state index in [1.165, 1.54) is 0 Å². The second-order valence-electron chi connectivity index (χ2n) is 7.75. The molecule has 9 nitrogen and oxygen atoms in total. The maximum atomic E-state index is 13.2. The molecule has 1 aromatic carbocycles. The number of rotatable bonds is 9. The first-order valence-corrected chi connectivity index (χ1v) is 16.3. The monoisotopic (exact) mass is 625 g/mol. The highest BCUT2D eigenvalue weighted by Crippen LogP contribution is 2.47. The van der Waals surface area contributed by atoms with Crippen molar-refractivity contribution in [3.05, 3.63) is 48.9 Å². The Morgan fingerprint density at radius 1 is 1.05 bits per heavy atom. The normalized spacial score (nSPS) is 18.2. The zero-order valence-corrected chi connectivity index (χ0v) is 24.9. The molecule has 1 fully saturated rings. The second-order valence-corrected chi connectivity index (χ2v) is 13.3. The van der Waals surface area contributed by atoms with Gasteiger partial charge in [0.2, 0.25) is 0 Å². The third-order valence-corrected chi connectivity index (χ3v) is 10.5. The van der Waals surface area contributed by atoms with Crippen LogP contribution in [0.25, 0.3) is 11.0 Å². The van der Waals surface area contributed by atoms with Gasteiger partial charge < -0.3 is 24.7 Å². The topological polar surface area (TPSA) is 126 Å². The van der Waals surface area contributed by atoms with E-state index in [-0.39, 0.29) is 18.4 Å². The number of allylic oxidation sites excluding steroid dienone is 1. The van der Waals surface area contributed by atoms with Crippen LogP contribution in [-0.2, 0) is 20.9 Å². The van der Waals surface area contributed by atoms with E-state index in [1.807, 2.05) is 18.6 Å². The van der Waals surface area contributed by atoms with Crippen molar-refractivity contribution in [3.8, 4) is 0 Å². The first-order valence-electron chi connectivity index (χ1n) is 10.9. The van der Waals surface area contributed by atoms with Gasteiger partial charge in [-0.05, 0) is 42.9 Å². The lowest BCUT2D eigenvalue weighted by Crippen LogP contribution is -2.41. The summed E-state index contributed by atoms with van der Waals surface area (Å²) >= 11 is 11.8. The maximum absolute atomic E-state index is 13.2. The zero-order valence-electron chi connectivity index (χ0n) is 20.0. The molecule has 0 spiro atoms. The third-order valence-electron chi connectivity index (χ3n) is 5.36. The number of carboxylic acid groups (broad SMARTS) is 2. The number of thiocarbonyl (C=S) groups is 1. The number of anilines is 1. The quantitative estimate of drug-likeness (QED) is 0.268. The van der Waals surface area contributed by atoms with E-state index in [1.54, 1.807) is 41.4 Å². The van der Waals surface area contributed by atoms with Gasteiger partial charge in [-0.2, -0.15) is 11.8 Å². The Kier molecular flexibility index (Phi) is 9.36. The third kappa shape index (κ3) is 6.02. The number of amides is 1. The van der Waals surface area contributed by atoms with Crippen LogP contribution in [0.3, 0.4) is 0 Å². The van der Waals surface area contributed by atoms with Gasteiger partial charge in [-0.3, -0.25) is 19.1 Å². The number of hydrogen-bond donors (Lipinski definition) is 0. The SMILES string of the molecule is CSCCN1/C(=C\C=c2/s/c(=C3\SC(=S)N(CC(=O)[O-])C3=O)n(CC(=O)[O-])c2=O)Sc2ccc(SC)cc21. The summed E-state index contributed by atoms with van der Waals surface area (Å²) in [6, 6.07) is 6.25. The van der Waals surface area contributed by atoms with Crippen LogP contribution in [0.1, 0.15) is 0 Å². The summed E-state index contributed by atoms with van der Waals surface area (Å²) in [6.07, 6.45) is 7.47. The van der Waals surface area contributed by atoms with Crippen molar-refractivity contribution < 1.29 is 24.6 Å². The number of thiazole rings is 1. The summed E-state index contributed by atoms with van der Waals surface area (Å²) in [5.74, 6) is -2.83. The van der Waals surface area contributed by atoms with Crippen molar-refractivity contribution in [1.82, 2.24) is 9.47 Å². The average Bonchev–Trinajstić information content (AvgIpc) is 3.47. The molecule has 0 radical (unpaired) electrons. The number of carbonyl (C=O) groups is 3. The predicted molar refractivity (Wildman–Crippen MR) is 156 cm³/mol. The highest BCUT2D eigenvalue weighted by molar-refractivity contribution is 8.30. The molecule has 200 valence electrons. The fourth-order valence-electron chi connectivity index (χ4n) is 3.66. The summed E-state index contributed by atoms with van der Waals surface area (Å²) in [6.45, 7) is -0.744. The predicted octanol–water partition coefficient (Wildman–Crippen LogP) is -0.303. The number of carbonyl (C=O) groups excluding carboxylic acids is 3. The van der Waals surface area contributed by atoms with Crippen LogP contribution in [-0.4, -0.2) is 63.0 Å². The molecular weight excluding hydrogens is 607 g/mol. The molecule has 0 N–H and O–H groups in total. The highest BCUT2D eigenvalue weighted by atomic mass is 32.2. The molecule has 0 atom stereocenters. The molecule has 38 heavy (non-hydrogen) atoms. The van der Waals surface area contributed by atoms with Gasteiger partial charge >= 0.3 is 0 Å². The number of fused-ring (bicyclic) bond motifs is 1. The van der Waals surface area contributed by atoms with E-state index >= 15 is 0 Å². The molecule has 2 aromatic rings. The number of carboxylic acids is 2. The molecule has 2 aliphatic rings. The molecule has 1 amide bonds. The van der Waals surface area contributed by atoms with Gasteiger partial charge in [0.15, 0.2) is 0 Å². The molecule has 1 saturated heterocycles. The van der Waals surface area contributed by atoms with E-state index in [2.05, 4.69) is 23.1 Å². The van der Waals surface area contributed by atoms with Crippen molar-refractivity contribution in [2.45, 2.75) is 16.3 Å². The summed E-state index contributed by atoms with van der Waals surface area (Å²) in [7, 11) is 0. The van der Waals surface area contributed by atoms with Crippen LogP contribution in [0.2, 0.25) is 0 Å². The second kappa shape index (κ2) is 12.3. The molecule has 0 unspecified atom stereocenters. The van der Waals surface area contributed by atoms with Crippen LogP contribution in [0.5, 0.6) is 0 Å². The summed E-state index contributed by atoms with van der Waals surface area (Å²) < 4.78 is 1.22. The Morgan fingerprint density at radius 3 is 2.45 bits per heavy atom. The molecule has 15 heteroatoms. The van der Waals surface area contributed by atoms with Crippen molar-refractivity contribution in [2.75, 3.05) is 36.3 Å². The van der Waals surface area contributed by atoms with Crippen LogP contribution >= 0.6 is 70.6 Å². The van der Waals surface area contributed by atoms with Crippen LogP contribution in [0.15, 0.2) is 43.9 Å². The highest BCUT2D eigenvalue weighted by Gasteiger charge is 2.34. The van der Waals surface area contributed by atoms with Gasteiger partial charge in [-0.25, -0.2) is 0 Å². The molecule has 3 heterocycles. The molecular formula is C23H19N3O6S6-2. The lowest BCUT2D eigenvalue weighted by Gasteiger charge is -2.20. The average molecular weight is 626 g/mol. The van der Waals surface area contributed by atoms with Gasteiger partial charge in [-0.1, -0.05) is 35.7 Å². The molecule has 4 rings (SSSR count). The lowest BCUT2D eigenvalue weighted by atomic mass is 10.3. The first-order chi connectivity index (χ1) is 18.1. The zero-order chi connectivity index (χ0) is 27.6. The smallest absolute Gasteiger partial charge is 0.269 e. The minimum Gasteiger partial charge on any atom is -0.548 e. The van der Waals surface area contributed by atoms with Gasteiger partial charge in [0.05, 0.1) is 40.3 Å². The van der Waals surface area contributed by atoms with Gasteiger partial charge in [-0.15, -0.1) is 23.1 Å².